The molecule has 1 aliphatic carbocycles. The van der Waals surface area contributed by atoms with Crippen molar-refractivity contribution in [1.82, 2.24) is 24.9 Å². The minimum absolute atomic E-state index is 0. The first-order chi connectivity index (χ1) is 28.8. The van der Waals surface area contributed by atoms with Gasteiger partial charge in [-0.2, -0.15) is 0 Å². The summed E-state index contributed by atoms with van der Waals surface area (Å²) in [5.41, 5.74) is 5.45. The molecule has 1 aliphatic rings. The third-order valence-corrected chi connectivity index (χ3v) is 10.2. The number of furan rings is 1. The smallest absolute Gasteiger partial charge is 0.163 e. The van der Waals surface area contributed by atoms with Gasteiger partial charge in [0.05, 0.1) is 5.58 Å². The van der Waals surface area contributed by atoms with Gasteiger partial charge in [-0.15, -0.1) is 54.1 Å². The molecular formula is C49H53IrN5O-2. The van der Waals surface area contributed by atoms with Crippen molar-refractivity contribution in [1.29, 1.82) is 0 Å². The Balaban J connectivity index is 0.000000327. The number of aryl methyl sites for hydroxylation is 2. The van der Waals surface area contributed by atoms with Gasteiger partial charge in [-0.3, -0.25) is 0 Å². The van der Waals surface area contributed by atoms with Crippen molar-refractivity contribution in [3.8, 4) is 33.9 Å². The summed E-state index contributed by atoms with van der Waals surface area (Å²) >= 11 is 0. The van der Waals surface area contributed by atoms with Crippen LogP contribution in [-0.4, -0.2) is 24.9 Å². The Morgan fingerprint density at radius 2 is 1.50 bits per heavy atom. The summed E-state index contributed by atoms with van der Waals surface area (Å²) in [6.45, 7) is 12.6. The number of aromatic nitrogens is 5. The van der Waals surface area contributed by atoms with E-state index in [0.29, 0.717) is 46.7 Å². The Hall–Kier alpha value is -4.58. The van der Waals surface area contributed by atoms with E-state index in [1.54, 1.807) is 24.3 Å². The largest absolute Gasteiger partial charge is 0.501 e. The SMILES string of the molecule is [2H]C([2H])([2H])c1ccc(-c2[c-]cccc2)nc1.[2H]C([2H])([2H])c1cnc(-c2[c-]ccc3c2oc2cc(-c4nc(C(C)(C)C)nc(C(C)(C)C)n4)ccc23)cc1C1([2H])CCC(C)(C)CC1.[Ir]. The van der Waals surface area contributed by atoms with Gasteiger partial charge in [0.2, 0.25) is 0 Å². The molecule has 0 atom stereocenters. The van der Waals surface area contributed by atoms with E-state index in [0.717, 1.165) is 52.1 Å². The average molecular weight is 927 g/mol. The molecule has 6 nitrogen and oxygen atoms in total. The molecule has 7 aromatic rings. The topological polar surface area (TPSA) is 77.6 Å². The molecule has 3 aromatic carbocycles. The quantitative estimate of drug-likeness (QED) is 0.164. The molecule has 0 saturated heterocycles. The molecule has 291 valence electrons. The number of hydrogen-bond donors (Lipinski definition) is 0. The molecule has 1 radical (unpaired) electrons. The van der Waals surface area contributed by atoms with E-state index in [1.807, 2.05) is 48.5 Å². The van der Waals surface area contributed by atoms with Gasteiger partial charge in [-0.05, 0) is 84.8 Å². The molecule has 8 rings (SSSR count). The van der Waals surface area contributed by atoms with Crippen LogP contribution in [0, 0.1) is 31.3 Å². The van der Waals surface area contributed by atoms with Crippen LogP contribution in [0.1, 0.15) is 125 Å². The van der Waals surface area contributed by atoms with Gasteiger partial charge in [0, 0.05) is 63.9 Å². The van der Waals surface area contributed by atoms with E-state index in [-0.39, 0.29) is 47.5 Å². The number of fused-ring (bicyclic) bond motifs is 3. The maximum Gasteiger partial charge on any atom is 0.163 e. The first-order valence-corrected chi connectivity index (χ1v) is 18.9. The summed E-state index contributed by atoms with van der Waals surface area (Å²) in [5.74, 6) is 1.07. The van der Waals surface area contributed by atoms with Gasteiger partial charge in [-0.1, -0.05) is 96.7 Å². The average Bonchev–Trinajstić information content (AvgIpc) is 3.59. The molecule has 0 aliphatic heterocycles. The summed E-state index contributed by atoms with van der Waals surface area (Å²) in [6.07, 6.45) is 5.73. The second-order valence-electron chi connectivity index (χ2n) is 17.3. The molecule has 4 aromatic heterocycles. The molecule has 0 N–H and O–H groups in total. The molecule has 0 spiro atoms. The molecule has 56 heavy (non-hydrogen) atoms. The van der Waals surface area contributed by atoms with Crippen molar-refractivity contribution in [2.24, 2.45) is 5.41 Å². The predicted octanol–water partition coefficient (Wildman–Crippen LogP) is 12.7. The van der Waals surface area contributed by atoms with Crippen molar-refractivity contribution < 1.29 is 34.1 Å². The van der Waals surface area contributed by atoms with Gasteiger partial charge in [0.25, 0.3) is 0 Å². The van der Waals surface area contributed by atoms with Crippen LogP contribution in [0.4, 0.5) is 0 Å². The summed E-state index contributed by atoms with van der Waals surface area (Å²) in [7, 11) is 0. The van der Waals surface area contributed by atoms with Crippen LogP contribution in [0.2, 0.25) is 0 Å². The Morgan fingerprint density at radius 3 is 2.12 bits per heavy atom. The fraction of sp³-hybridized carbons (Fsp3) is 0.367. The fourth-order valence-electron chi connectivity index (χ4n) is 6.74. The normalized spacial score (nSPS) is 17.5. The van der Waals surface area contributed by atoms with E-state index >= 15 is 0 Å². The van der Waals surface area contributed by atoms with Gasteiger partial charge in [-0.25, -0.2) is 15.0 Å². The third kappa shape index (κ3) is 9.01. The minimum Gasteiger partial charge on any atom is -0.501 e. The second kappa shape index (κ2) is 16.1. The molecular weight excluding hydrogens is 867 g/mol. The standard InChI is InChI=1S/C37H43N4O.C12H10N.Ir/c1-22-21-38-29(20-28(22)23-15-17-37(8,9)18-16-23)27-12-10-11-26-25-14-13-24(19-30(25)42-31(26)27)32-39-33(35(2,3)4)41-34(40-32)36(5,6)7;1-10-7-8-12(13-9-10)11-5-3-2-4-6-11;/h10-11,13-14,19-21,23H,15-18H2,1-9H3;2-5,7-9H,1H3;/q2*-1;/i1D3,23D;1D3;. The maximum atomic E-state index is 9.45. The molecule has 0 unspecified atom stereocenters. The van der Waals surface area contributed by atoms with E-state index < -0.39 is 19.6 Å². The summed E-state index contributed by atoms with van der Waals surface area (Å²) in [4.78, 5) is 23.3. The third-order valence-electron chi connectivity index (χ3n) is 10.2. The van der Waals surface area contributed by atoms with Crippen molar-refractivity contribution in [2.75, 3.05) is 0 Å². The number of hydrogen-bond acceptors (Lipinski definition) is 6. The first-order valence-electron chi connectivity index (χ1n) is 22.4. The molecule has 1 fully saturated rings. The summed E-state index contributed by atoms with van der Waals surface area (Å²) in [5, 5.41) is 1.83. The Morgan fingerprint density at radius 1 is 0.768 bits per heavy atom. The van der Waals surface area contributed by atoms with Gasteiger partial charge < -0.3 is 14.4 Å². The first kappa shape index (κ1) is 32.5. The number of rotatable bonds is 4. The van der Waals surface area contributed by atoms with Crippen LogP contribution in [0.5, 0.6) is 0 Å². The molecule has 0 amide bonds. The maximum absolute atomic E-state index is 9.45. The van der Waals surface area contributed by atoms with Crippen LogP contribution >= 0.6 is 0 Å². The van der Waals surface area contributed by atoms with Crippen molar-refractivity contribution >= 4 is 21.9 Å². The molecule has 1 saturated carbocycles. The van der Waals surface area contributed by atoms with E-state index in [4.69, 9.17) is 27.6 Å². The van der Waals surface area contributed by atoms with Crippen LogP contribution < -0.4 is 0 Å². The summed E-state index contributed by atoms with van der Waals surface area (Å²) < 4.78 is 62.4. The minimum atomic E-state index is -2.37. The summed E-state index contributed by atoms with van der Waals surface area (Å²) in [6, 6.07) is 28.7. The van der Waals surface area contributed by atoms with E-state index in [1.165, 1.54) is 12.4 Å². The van der Waals surface area contributed by atoms with Gasteiger partial charge in [0.1, 0.15) is 17.2 Å². The van der Waals surface area contributed by atoms with Crippen LogP contribution in [0.25, 0.3) is 55.8 Å². The fourth-order valence-corrected chi connectivity index (χ4v) is 6.74. The van der Waals surface area contributed by atoms with Crippen LogP contribution in [-0.2, 0) is 30.9 Å². The van der Waals surface area contributed by atoms with Gasteiger partial charge >= 0.3 is 0 Å². The van der Waals surface area contributed by atoms with E-state index in [9.17, 15) is 1.37 Å². The van der Waals surface area contributed by atoms with Crippen molar-refractivity contribution in [2.45, 2.75) is 112 Å². The van der Waals surface area contributed by atoms with Crippen molar-refractivity contribution in [3.63, 3.8) is 0 Å². The van der Waals surface area contributed by atoms with Crippen LogP contribution in [0.3, 0.4) is 0 Å². The zero-order valence-electron chi connectivity index (χ0n) is 40.4. The van der Waals surface area contributed by atoms with Gasteiger partial charge in [0.15, 0.2) is 5.82 Å². The Labute approximate surface area is 356 Å². The molecule has 0 bridgehead atoms. The monoisotopic (exact) mass is 927 g/mol. The number of benzene rings is 3. The number of pyridine rings is 2. The Kier molecular flexibility index (Phi) is 9.35. The number of nitrogens with zero attached hydrogens (tertiary/aromatic N) is 5. The molecule has 4 heterocycles. The Bertz CT molecular complexity index is 2690. The predicted molar refractivity (Wildman–Crippen MR) is 225 cm³/mol. The second-order valence-corrected chi connectivity index (χ2v) is 17.3. The zero-order chi connectivity index (χ0) is 45.0. The molecule has 7 heteroatoms. The zero-order valence-corrected chi connectivity index (χ0v) is 35.8. The van der Waals surface area contributed by atoms with Crippen LogP contribution in [0.15, 0.2) is 89.6 Å². The van der Waals surface area contributed by atoms with Crippen molar-refractivity contribution in [3.05, 3.63) is 126 Å². The van der Waals surface area contributed by atoms with E-state index in [2.05, 4.69) is 77.5 Å².